The normalized spacial score (nSPS) is 14.9. The average Bonchev–Trinajstić information content (AvgIpc) is 3.11. The van der Waals surface area contributed by atoms with E-state index in [2.05, 4.69) is 19.9 Å². The number of ether oxygens (including phenoxy) is 2. The van der Waals surface area contributed by atoms with E-state index < -0.39 is 44.7 Å². The number of likely N-dealkylation sites (N-methyl/N-ethyl adjacent to an activating group) is 1. The van der Waals surface area contributed by atoms with Crippen LogP contribution in [-0.4, -0.2) is 97.3 Å². The molecule has 0 aromatic rings. The van der Waals surface area contributed by atoms with Crippen molar-refractivity contribution in [2.75, 3.05) is 47.5 Å². The van der Waals surface area contributed by atoms with Gasteiger partial charge in [0.05, 0.1) is 40.0 Å². The monoisotopic (exact) mass is 793 g/mol. The Balaban J connectivity index is 4.47. The van der Waals surface area contributed by atoms with Gasteiger partial charge in [-0.15, -0.1) is 0 Å². The molecule has 11 nitrogen and oxygen atoms in total. The first kappa shape index (κ1) is 52.7. The molecule has 0 saturated carbocycles. The van der Waals surface area contributed by atoms with Crippen molar-refractivity contribution in [1.29, 1.82) is 0 Å². The molecule has 3 N–H and O–H groups in total. The first-order valence-corrected chi connectivity index (χ1v) is 23.1. The molecule has 0 heterocycles. The third-order valence-corrected chi connectivity index (χ3v) is 10.5. The predicted molar refractivity (Wildman–Crippen MR) is 218 cm³/mol. The van der Waals surface area contributed by atoms with Crippen LogP contribution in [0, 0.1) is 0 Å². The molecule has 0 aromatic carbocycles. The third kappa shape index (κ3) is 36.3. The second-order valence-corrected chi connectivity index (χ2v) is 17.5. The molecule has 54 heavy (non-hydrogen) atoms. The smallest absolute Gasteiger partial charge is 0.462 e. The summed E-state index contributed by atoms with van der Waals surface area (Å²) >= 11 is 0. The summed E-state index contributed by atoms with van der Waals surface area (Å²) in [6.45, 7) is 4.19. The van der Waals surface area contributed by atoms with Gasteiger partial charge in [-0.1, -0.05) is 142 Å². The highest BCUT2D eigenvalue weighted by molar-refractivity contribution is 7.47. The van der Waals surface area contributed by atoms with Crippen molar-refractivity contribution in [3.8, 4) is 0 Å². The number of quaternary nitrogens is 1. The van der Waals surface area contributed by atoms with Crippen LogP contribution in [0.1, 0.15) is 181 Å². The van der Waals surface area contributed by atoms with Crippen LogP contribution in [0.3, 0.4) is 0 Å². The molecule has 0 amide bonds. The van der Waals surface area contributed by atoms with Crippen LogP contribution in [0.25, 0.3) is 0 Å². The maximum Gasteiger partial charge on any atom is 0.472 e. The van der Waals surface area contributed by atoms with Gasteiger partial charge >= 0.3 is 19.8 Å². The van der Waals surface area contributed by atoms with Gasteiger partial charge in [-0.25, -0.2) is 4.57 Å². The van der Waals surface area contributed by atoms with Gasteiger partial charge in [-0.2, -0.15) is 0 Å². The molecule has 1 unspecified atom stereocenters. The fraction of sp³-hybridized carbons (Fsp3) is 0.905. The van der Waals surface area contributed by atoms with Crippen LogP contribution in [0.15, 0.2) is 12.2 Å². The van der Waals surface area contributed by atoms with Gasteiger partial charge in [0.2, 0.25) is 0 Å². The number of hydrogen-bond acceptors (Lipinski definition) is 9. The van der Waals surface area contributed by atoms with Crippen molar-refractivity contribution in [2.24, 2.45) is 0 Å². The van der Waals surface area contributed by atoms with E-state index in [1.807, 2.05) is 27.2 Å². The number of carbonyl (C=O) groups is 2. The first-order chi connectivity index (χ1) is 25.8. The molecular formula is C42H83NO10P+. The Morgan fingerprint density at radius 2 is 1.13 bits per heavy atom. The molecule has 0 radical (unpaired) electrons. The van der Waals surface area contributed by atoms with Crippen molar-refractivity contribution >= 4 is 19.8 Å². The fourth-order valence-electron chi connectivity index (χ4n) is 5.92. The number of phosphoric ester groups is 1. The standard InChI is InChI=1S/C42H82NO10P/c1-6-8-10-12-14-15-16-17-18-19-20-24-29-33-42(47)53-38(37-52-54(48,49)51-35-34-43(3,4)5)36-50-41(46)32-28-25-21-23-27-31-40(45)39(44)30-26-22-13-11-9-7-2/h22,26,38-40,44-45H,6-21,23-25,27-37H2,1-5H3/p+1/b26-22-/t38-,39-,40-/m1/s1. The molecule has 4 atom stereocenters. The Bertz CT molecular complexity index is 973. The van der Waals surface area contributed by atoms with Gasteiger partial charge < -0.3 is 29.1 Å². The second kappa shape index (κ2) is 34.9. The average molecular weight is 793 g/mol. The van der Waals surface area contributed by atoms with Crippen molar-refractivity contribution in [2.45, 2.75) is 199 Å². The maximum absolute atomic E-state index is 12.7. The minimum Gasteiger partial charge on any atom is -0.462 e. The Morgan fingerprint density at radius 3 is 1.69 bits per heavy atom. The number of aliphatic hydroxyl groups excluding tert-OH is 2. The van der Waals surface area contributed by atoms with E-state index in [9.17, 15) is 29.3 Å². The number of phosphoric acid groups is 1. The summed E-state index contributed by atoms with van der Waals surface area (Å²) in [4.78, 5) is 35.3. The van der Waals surface area contributed by atoms with Crippen LogP contribution in [-0.2, 0) is 32.7 Å². The summed E-state index contributed by atoms with van der Waals surface area (Å²) in [5, 5.41) is 20.4. The molecule has 0 saturated heterocycles. The van der Waals surface area contributed by atoms with Crippen LogP contribution in [0.2, 0.25) is 0 Å². The zero-order valence-corrected chi connectivity index (χ0v) is 36.1. The number of allylic oxidation sites excluding steroid dienone is 1. The summed E-state index contributed by atoms with van der Waals surface area (Å²) in [5.41, 5.74) is 0. The topological polar surface area (TPSA) is 149 Å². The number of unbranched alkanes of at least 4 members (excludes halogenated alkanes) is 19. The molecule has 0 bridgehead atoms. The van der Waals surface area contributed by atoms with Crippen molar-refractivity contribution in [3.63, 3.8) is 0 Å². The Morgan fingerprint density at radius 1 is 0.630 bits per heavy atom. The highest BCUT2D eigenvalue weighted by atomic mass is 31.2. The molecule has 0 aliphatic rings. The number of nitrogens with zero attached hydrogens (tertiary/aromatic N) is 1. The highest BCUT2D eigenvalue weighted by Gasteiger charge is 2.27. The number of rotatable bonds is 39. The number of hydrogen-bond donors (Lipinski definition) is 3. The quantitative estimate of drug-likeness (QED) is 0.0181. The molecular weight excluding hydrogens is 709 g/mol. The third-order valence-electron chi connectivity index (χ3n) is 9.50. The fourth-order valence-corrected chi connectivity index (χ4v) is 6.66. The predicted octanol–water partition coefficient (Wildman–Crippen LogP) is 9.74. The van der Waals surface area contributed by atoms with Crippen LogP contribution in [0.4, 0.5) is 0 Å². The van der Waals surface area contributed by atoms with E-state index in [-0.39, 0.29) is 26.1 Å². The zero-order valence-electron chi connectivity index (χ0n) is 35.2. The molecule has 0 aliphatic carbocycles. The minimum absolute atomic E-state index is 0.00908. The maximum atomic E-state index is 12.7. The zero-order chi connectivity index (χ0) is 40.3. The van der Waals surface area contributed by atoms with Gasteiger partial charge in [-0.3, -0.25) is 18.6 Å². The lowest BCUT2D eigenvalue weighted by Crippen LogP contribution is -2.37. The summed E-state index contributed by atoms with van der Waals surface area (Å²) < 4.78 is 34.2. The van der Waals surface area contributed by atoms with Crippen LogP contribution in [0.5, 0.6) is 0 Å². The Kier molecular flexibility index (Phi) is 34.0. The van der Waals surface area contributed by atoms with Gasteiger partial charge in [-0.05, 0) is 38.5 Å². The summed E-state index contributed by atoms with van der Waals surface area (Å²) in [6, 6.07) is 0. The lowest BCUT2D eigenvalue weighted by Gasteiger charge is -2.24. The molecule has 0 fully saturated rings. The van der Waals surface area contributed by atoms with E-state index in [0.29, 0.717) is 36.7 Å². The SMILES string of the molecule is CCCCC/C=C\C[C@@H](O)[C@H](O)CCCCCCCC(=O)OC[C@H](COP(=O)(O)OCC[N+](C)(C)C)OC(=O)CCCCCCCCCCCCCCC. The Labute approximate surface area is 330 Å². The summed E-state index contributed by atoms with van der Waals surface area (Å²) in [6.07, 6.45) is 27.1. The molecule has 0 aliphatic heterocycles. The number of esters is 2. The van der Waals surface area contributed by atoms with E-state index in [0.717, 1.165) is 57.8 Å². The van der Waals surface area contributed by atoms with Crippen molar-refractivity contribution < 1.29 is 52.3 Å². The molecule has 0 aromatic heterocycles. The van der Waals surface area contributed by atoms with Gasteiger partial charge in [0, 0.05) is 12.8 Å². The molecule has 320 valence electrons. The van der Waals surface area contributed by atoms with E-state index in [4.69, 9.17) is 18.5 Å². The van der Waals surface area contributed by atoms with Crippen LogP contribution < -0.4 is 0 Å². The van der Waals surface area contributed by atoms with Gasteiger partial charge in [0.15, 0.2) is 6.10 Å². The number of carbonyl (C=O) groups excluding carboxylic acids is 2. The van der Waals surface area contributed by atoms with Crippen LogP contribution >= 0.6 is 7.82 Å². The van der Waals surface area contributed by atoms with E-state index in [1.165, 1.54) is 70.6 Å². The minimum atomic E-state index is -4.40. The first-order valence-electron chi connectivity index (χ1n) is 21.6. The molecule has 0 rings (SSSR count). The number of aliphatic hydroxyl groups is 2. The molecule has 12 heteroatoms. The van der Waals surface area contributed by atoms with E-state index >= 15 is 0 Å². The summed E-state index contributed by atoms with van der Waals surface area (Å²) in [7, 11) is 1.40. The lowest BCUT2D eigenvalue weighted by atomic mass is 10.0. The highest BCUT2D eigenvalue weighted by Crippen LogP contribution is 2.43. The summed E-state index contributed by atoms with van der Waals surface area (Å²) in [5.74, 6) is -0.904. The van der Waals surface area contributed by atoms with Gasteiger partial charge in [0.1, 0.15) is 19.8 Å². The van der Waals surface area contributed by atoms with E-state index in [1.54, 1.807) is 0 Å². The lowest BCUT2D eigenvalue weighted by molar-refractivity contribution is -0.870. The van der Waals surface area contributed by atoms with Crippen molar-refractivity contribution in [3.05, 3.63) is 12.2 Å². The molecule has 0 spiro atoms. The largest absolute Gasteiger partial charge is 0.472 e. The van der Waals surface area contributed by atoms with Crippen molar-refractivity contribution in [1.82, 2.24) is 0 Å². The second-order valence-electron chi connectivity index (χ2n) is 16.0. The van der Waals surface area contributed by atoms with Gasteiger partial charge in [0.25, 0.3) is 0 Å². The Hall–Kier alpha value is -1.33.